The molecule has 3 unspecified atom stereocenters. The maximum absolute atomic E-state index is 13.1. The number of fused-ring (bicyclic) bond motifs is 3. The summed E-state index contributed by atoms with van der Waals surface area (Å²) >= 11 is 1.47. The topological polar surface area (TPSA) is 95.9 Å². The fourth-order valence-corrected chi connectivity index (χ4v) is 6.70. The fraction of sp³-hybridized carbons (Fsp3) is 0.423. The number of rotatable bonds is 6. The van der Waals surface area contributed by atoms with Gasteiger partial charge in [-0.05, 0) is 41.0 Å². The molecule has 2 fully saturated rings. The fourth-order valence-electron chi connectivity index (χ4n) is 5.55. The van der Waals surface area contributed by atoms with E-state index in [0.29, 0.717) is 18.2 Å². The number of amides is 2. The first-order valence-corrected chi connectivity index (χ1v) is 12.9. The molecule has 0 aromatic heterocycles. The van der Waals surface area contributed by atoms with E-state index in [1.54, 1.807) is 0 Å². The monoisotopic (exact) mass is 480 g/mol. The van der Waals surface area contributed by atoms with E-state index < -0.39 is 18.1 Å². The van der Waals surface area contributed by atoms with Crippen molar-refractivity contribution in [1.29, 1.82) is 0 Å². The zero-order valence-electron chi connectivity index (χ0n) is 18.8. The Morgan fingerprint density at radius 1 is 1.03 bits per heavy atom. The Kier molecular flexibility index (Phi) is 6.50. The Hall–Kier alpha value is -3.00. The van der Waals surface area contributed by atoms with Crippen molar-refractivity contribution in [2.45, 2.75) is 31.2 Å². The second-order valence-corrected chi connectivity index (χ2v) is 10.2. The molecule has 2 N–H and O–H groups in total. The molecular weight excluding hydrogens is 452 g/mol. The van der Waals surface area contributed by atoms with Crippen LogP contribution < -0.4 is 5.32 Å². The summed E-state index contributed by atoms with van der Waals surface area (Å²) in [5.41, 5.74) is 4.68. The summed E-state index contributed by atoms with van der Waals surface area (Å²) < 4.78 is 5.62. The highest BCUT2D eigenvalue weighted by Crippen LogP contribution is 2.44. The molecule has 2 aromatic rings. The molecule has 34 heavy (non-hydrogen) atoms. The highest BCUT2D eigenvalue weighted by atomic mass is 32.2. The van der Waals surface area contributed by atoms with Gasteiger partial charge >= 0.3 is 12.1 Å². The van der Waals surface area contributed by atoms with Crippen molar-refractivity contribution in [2.24, 2.45) is 11.8 Å². The minimum Gasteiger partial charge on any atom is -0.480 e. The van der Waals surface area contributed by atoms with Crippen LogP contribution in [0.15, 0.2) is 48.5 Å². The van der Waals surface area contributed by atoms with Crippen LogP contribution in [0.2, 0.25) is 0 Å². The summed E-state index contributed by atoms with van der Waals surface area (Å²) in [7, 11) is 0. The predicted octanol–water partition coefficient (Wildman–Crippen LogP) is 3.93. The number of benzene rings is 2. The number of carbonyl (C=O) groups is 3. The summed E-state index contributed by atoms with van der Waals surface area (Å²) in [6.45, 7) is 0.601. The molecule has 2 amide bonds. The minimum atomic E-state index is -0.954. The highest BCUT2D eigenvalue weighted by molar-refractivity contribution is 7.99. The predicted molar refractivity (Wildman–Crippen MR) is 129 cm³/mol. The molecule has 1 saturated heterocycles. The Bertz CT molecular complexity index is 1060. The van der Waals surface area contributed by atoms with Crippen LogP contribution in [0.25, 0.3) is 11.1 Å². The third kappa shape index (κ3) is 4.27. The van der Waals surface area contributed by atoms with Crippen molar-refractivity contribution in [1.82, 2.24) is 10.2 Å². The Balaban J connectivity index is 1.17. The number of hydrogen-bond donors (Lipinski definition) is 2. The van der Waals surface area contributed by atoms with Gasteiger partial charge in [0, 0.05) is 24.1 Å². The van der Waals surface area contributed by atoms with Crippen LogP contribution in [0.3, 0.4) is 0 Å². The quantitative estimate of drug-likeness (QED) is 0.651. The van der Waals surface area contributed by atoms with Crippen molar-refractivity contribution in [3.63, 3.8) is 0 Å². The maximum atomic E-state index is 13.1. The van der Waals surface area contributed by atoms with Crippen molar-refractivity contribution < 1.29 is 24.2 Å². The Morgan fingerprint density at radius 3 is 2.38 bits per heavy atom. The summed E-state index contributed by atoms with van der Waals surface area (Å²) in [4.78, 5) is 38.6. The molecule has 0 radical (unpaired) electrons. The molecule has 0 bridgehead atoms. The van der Waals surface area contributed by atoms with Crippen LogP contribution in [-0.2, 0) is 14.3 Å². The number of carboxylic acid groups (broad SMARTS) is 1. The van der Waals surface area contributed by atoms with Gasteiger partial charge in [0.25, 0.3) is 0 Å². The lowest BCUT2D eigenvalue weighted by molar-refractivity contribution is -0.149. The number of carbonyl (C=O) groups excluding carboxylic acids is 2. The first-order valence-electron chi connectivity index (χ1n) is 11.7. The number of aliphatic carboxylic acids is 1. The number of hydrogen-bond acceptors (Lipinski definition) is 5. The largest absolute Gasteiger partial charge is 0.480 e. The number of carboxylic acids is 1. The maximum Gasteiger partial charge on any atom is 0.407 e. The molecule has 5 rings (SSSR count). The van der Waals surface area contributed by atoms with E-state index in [0.717, 1.165) is 30.4 Å². The van der Waals surface area contributed by atoms with Gasteiger partial charge in [0.1, 0.15) is 12.6 Å². The van der Waals surface area contributed by atoms with Crippen molar-refractivity contribution >= 4 is 29.7 Å². The molecular formula is C26H28N2O5S. The standard InChI is InChI=1S/C26H28N2O5S/c29-24(28-15-34-14-23(28)25(30)31)17-11-5-6-16(17)12-27-26(32)33-13-22-20-9-3-1-7-18(20)19-8-2-4-10-21(19)22/h1-4,7-10,16-17,22-23H,5-6,11-15H2,(H,27,32)(H,30,31). The zero-order chi connectivity index (χ0) is 23.7. The van der Waals surface area contributed by atoms with Gasteiger partial charge in [0.05, 0.1) is 5.88 Å². The van der Waals surface area contributed by atoms with Crippen LogP contribution in [0, 0.1) is 11.8 Å². The Labute approximate surface area is 202 Å². The molecule has 3 atom stereocenters. The average Bonchev–Trinajstić information content (AvgIpc) is 3.59. The molecule has 1 heterocycles. The third-order valence-electron chi connectivity index (χ3n) is 7.28. The van der Waals surface area contributed by atoms with Gasteiger partial charge in [-0.1, -0.05) is 55.0 Å². The number of nitrogens with zero attached hydrogens (tertiary/aromatic N) is 1. The first-order chi connectivity index (χ1) is 16.5. The molecule has 8 heteroatoms. The number of nitrogens with one attached hydrogen (secondary N) is 1. The summed E-state index contributed by atoms with van der Waals surface area (Å²) in [5.74, 6) is -0.476. The molecule has 1 aliphatic heterocycles. The van der Waals surface area contributed by atoms with Gasteiger partial charge in [0.15, 0.2) is 0 Å². The molecule has 2 aliphatic carbocycles. The highest BCUT2D eigenvalue weighted by Gasteiger charge is 2.42. The molecule has 2 aromatic carbocycles. The SMILES string of the molecule is O=C(NCC1CCCC1C(=O)N1CSCC1C(=O)O)OCC1c2ccccc2-c2ccccc21. The van der Waals surface area contributed by atoms with Crippen LogP contribution in [0.4, 0.5) is 4.79 Å². The molecule has 0 spiro atoms. The third-order valence-corrected chi connectivity index (χ3v) is 8.29. The normalized spacial score (nSPS) is 23.4. The van der Waals surface area contributed by atoms with Gasteiger partial charge in [-0.25, -0.2) is 9.59 Å². The molecule has 178 valence electrons. The number of alkyl carbamates (subject to hydrolysis) is 1. The lowest BCUT2D eigenvalue weighted by Gasteiger charge is -2.27. The van der Waals surface area contributed by atoms with Crippen LogP contribution in [0.1, 0.15) is 36.3 Å². The average molecular weight is 481 g/mol. The van der Waals surface area contributed by atoms with E-state index in [-0.39, 0.29) is 30.3 Å². The summed E-state index contributed by atoms with van der Waals surface area (Å²) in [5, 5.41) is 12.3. The van der Waals surface area contributed by atoms with Gasteiger partial charge in [0.2, 0.25) is 5.91 Å². The molecule has 7 nitrogen and oxygen atoms in total. The van der Waals surface area contributed by atoms with Gasteiger partial charge in [-0.3, -0.25) is 4.79 Å². The van der Waals surface area contributed by atoms with E-state index in [1.165, 1.54) is 27.8 Å². The van der Waals surface area contributed by atoms with Gasteiger partial charge in [-0.2, -0.15) is 0 Å². The van der Waals surface area contributed by atoms with Crippen molar-refractivity contribution in [3.05, 3.63) is 59.7 Å². The van der Waals surface area contributed by atoms with E-state index in [2.05, 4.69) is 29.6 Å². The lowest BCUT2D eigenvalue weighted by Crippen LogP contribution is -2.46. The zero-order valence-corrected chi connectivity index (χ0v) is 19.6. The van der Waals surface area contributed by atoms with Crippen molar-refractivity contribution in [2.75, 3.05) is 24.8 Å². The first kappa shape index (κ1) is 22.8. The van der Waals surface area contributed by atoms with Crippen LogP contribution in [0.5, 0.6) is 0 Å². The Morgan fingerprint density at radius 2 is 1.71 bits per heavy atom. The smallest absolute Gasteiger partial charge is 0.407 e. The number of thioether (sulfide) groups is 1. The van der Waals surface area contributed by atoms with E-state index in [9.17, 15) is 19.5 Å². The minimum absolute atomic E-state index is 0.000393. The van der Waals surface area contributed by atoms with E-state index in [1.807, 2.05) is 24.3 Å². The molecule has 1 saturated carbocycles. The van der Waals surface area contributed by atoms with Gasteiger partial charge in [-0.15, -0.1) is 11.8 Å². The second kappa shape index (κ2) is 9.70. The molecule has 3 aliphatic rings. The lowest BCUT2D eigenvalue weighted by atomic mass is 9.94. The number of ether oxygens (including phenoxy) is 1. The van der Waals surface area contributed by atoms with E-state index >= 15 is 0 Å². The van der Waals surface area contributed by atoms with Gasteiger partial charge < -0.3 is 20.1 Å². The van der Waals surface area contributed by atoms with Crippen LogP contribution in [-0.4, -0.2) is 58.8 Å². The second-order valence-electron chi connectivity index (χ2n) is 9.17. The summed E-state index contributed by atoms with van der Waals surface area (Å²) in [6.07, 6.45) is 1.97. The van der Waals surface area contributed by atoms with Crippen LogP contribution >= 0.6 is 11.8 Å². The van der Waals surface area contributed by atoms with E-state index in [4.69, 9.17) is 4.74 Å². The summed E-state index contributed by atoms with van der Waals surface area (Å²) in [6, 6.07) is 15.6. The van der Waals surface area contributed by atoms with Crippen molar-refractivity contribution in [3.8, 4) is 11.1 Å².